The highest BCUT2D eigenvalue weighted by atomic mass is 16.2. The van der Waals surface area contributed by atoms with Crippen LogP contribution in [0.4, 0.5) is 0 Å². The van der Waals surface area contributed by atoms with Crippen LogP contribution in [0.25, 0.3) is 10.8 Å². The van der Waals surface area contributed by atoms with Gasteiger partial charge in [0, 0.05) is 36.8 Å². The molecule has 246 valence electrons. The van der Waals surface area contributed by atoms with Gasteiger partial charge in [-0.1, -0.05) is 92.7 Å². The molecule has 4 aromatic carbocycles. The summed E-state index contributed by atoms with van der Waals surface area (Å²) in [5, 5.41) is 17.1. The second kappa shape index (κ2) is 17.1. The topological polar surface area (TPSA) is 128 Å². The van der Waals surface area contributed by atoms with Crippen molar-refractivity contribution < 1.29 is 19.2 Å². The van der Waals surface area contributed by atoms with Gasteiger partial charge in [-0.2, -0.15) is 0 Å². The Bertz CT molecular complexity index is 1670. The zero-order chi connectivity index (χ0) is 33.8. The predicted molar refractivity (Wildman–Crippen MR) is 186 cm³/mol. The largest absolute Gasteiger partial charge is 0.355 e. The van der Waals surface area contributed by atoms with E-state index in [9.17, 15) is 19.2 Å². The van der Waals surface area contributed by atoms with Crippen molar-refractivity contribution in [1.82, 2.24) is 26.6 Å². The van der Waals surface area contributed by atoms with Gasteiger partial charge in [0.25, 0.3) is 11.8 Å². The monoisotopic (exact) mass is 635 g/mol. The summed E-state index contributed by atoms with van der Waals surface area (Å²) in [6.45, 7) is 8.46. The van der Waals surface area contributed by atoms with Crippen LogP contribution in [-0.2, 0) is 22.6 Å². The van der Waals surface area contributed by atoms with Crippen LogP contribution in [0.15, 0.2) is 97.1 Å². The molecule has 9 heteroatoms. The fourth-order valence-corrected chi connectivity index (χ4v) is 5.38. The molecule has 0 saturated heterocycles. The summed E-state index contributed by atoms with van der Waals surface area (Å²) >= 11 is 0. The molecule has 4 aromatic rings. The van der Waals surface area contributed by atoms with Crippen molar-refractivity contribution in [1.29, 1.82) is 0 Å². The highest BCUT2D eigenvalue weighted by Crippen LogP contribution is 2.18. The highest BCUT2D eigenvalue weighted by Gasteiger charge is 2.26. The molecule has 4 rings (SSSR count). The summed E-state index contributed by atoms with van der Waals surface area (Å²) < 4.78 is 0. The van der Waals surface area contributed by atoms with Gasteiger partial charge in [-0.3, -0.25) is 19.2 Å². The van der Waals surface area contributed by atoms with E-state index in [1.54, 1.807) is 31.2 Å². The van der Waals surface area contributed by atoms with Crippen LogP contribution in [-0.4, -0.2) is 54.8 Å². The molecule has 4 amide bonds. The molecular weight excluding hydrogens is 590 g/mol. The van der Waals surface area contributed by atoms with Crippen molar-refractivity contribution in [2.24, 2.45) is 5.92 Å². The molecule has 0 unspecified atom stereocenters. The molecule has 0 bridgehead atoms. The molecule has 0 heterocycles. The van der Waals surface area contributed by atoms with Crippen LogP contribution in [0.3, 0.4) is 0 Å². The van der Waals surface area contributed by atoms with Crippen molar-refractivity contribution in [3.63, 3.8) is 0 Å². The third kappa shape index (κ3) is 9.98. The Labute approximate surface area is 276 Å². The molecule has 5 N–H and O–H groups in total. The molecule has 0 aliphatic rings. The van der Waals surface area contributed by atoms with Gasteiger partial charge in [-0.05, 0) is 66.3 Å². The van der Waals surface area contributed by atoms with Gasteiger partial charge in [0.1, 0.15) is 6.04 Å². The molecule has 0 aliphatic heterocycles. The standard InChI is InChI=1S/C38H45N5O4/c1-5-39-38(47)34(25(2)3)43-35(44)26(4)40-24-32(21-27-13-7-6-8-14-27)42-37(46)30-18-12-17-29(22-30)36(45)41-23-31-19-11-16-28-15-9-10-20-33(28)31/h6-20,22,25-26,32,34,40H,5,21,23-24H2,1-4H3,(H,39,47)(H,41,45)(H,42,46)(H,43,44)/t26-,32-,34-/m0/s1. The van der Waals surface area contributed by atoms with Crippen molar-refractivity contribution in [3.05, 3.63) is 119 Å². The number of rotatable bonds is 15. The first-order chi connectivity index (χ1) is 22.7. The van der Waals surface area contributed by atoms with Gasteiger partial charge >= 0.3 is 0 Å². The number of likely N-dealkylation sites (N-methyl/N-ethyl adjacent to an activating group) is 1. The first-order valence-electron chi connectivity index (χ1n) is 16.2. The normalized spacial score (nSPS) is 13.0. The SMILES string of the molecule is CCNC(=O)[C@@H](NC(=O)[C@H](C)NC[C@H](Cc1ccccc1)NC(=O)c1cccc(C(=O)NCc2cccc3ccccc23)c1)C(C)C. The lowest BCUT2D eigenvalue weighted by atomic mass is 10.0. The number of carbonyl (C=O) groups is 4. The second-order valence-electron chi connectivity index (χ2n) is 12.0. The minimum atomic E-state index is -0.650. The molecule has 9 nitrogen and oxygen atoms in total. The van der Waals surface area contributed by atoms with Gasteiger partial charge in [0.2, 0.25) is 11.8 Å². The molecule has 0 aliphatic carbocycles. The van der Waals surface area contributed by atoms with E-state index in [0.717, 1.165) is 21.9 Å². The van der Waals surface area contributed by atoms with Crippen LogP contribution in [0.2, 0.25) is 0 Å². The predicted octanol–water partition coefficient (Wildman–Crippen LogP) is 4.37. The van der Waals surface area contributed by atoms with Gasteiger partial charge < -0.3 is 26.6 Å². The van der Waals surface area contributed by atoms with Crippen LogP contribution < -0.4 is 26.6 Å². The van der Waals surface area contributed by atoms with Gasteiger partial charge in [0.15, 0.2) is 0 Å². The average Bonchev–Trinajstić information content (AvgIpc) is 3.08. The number of nitrogens with one attached hydrogen (secondary N) is 5. The number of amides is 4. The maximum Gasteiger partial charge on any atom is 0.251 e. The van der Waals surface area contributed by atoms with Crippen molar-refractivity contribution >= 4 is 34.4 Å². The molecule has 3 atom stereocenters. The Morgan fingerprint density at radius 2 is 1.34 bits per heavy atom. The van der Waals surface area contributed by atoms with E-state index in [0.29, 0.717) is 37.2 Å². The number of carbonyl (C=O) groups excluding carboxylic acids is 4. The summed E-state index contributed by atoms with van der Waals surface area (Å²) in [5.74, 6) is -1.21. The molecule has 0 aromatic heterocycles. The lowest BCUT2D eigenvalue weighted by Crippen LogP contribution is -2.55. The number of hydrogen-bond donors (Lipinski definition) is 5. The number of benzene rings is 4. The lowest BCUT2D eigenvalue weighted by molar-refractivity contribution is -0.130. The van der Waals surface area contributed by atoms with Gasteiger partial charge in [0.05, 0.1) is 6.04 Å². The summed E-state index contributed by atoms with van der Waals surface area (Å²) in [6.07, 6.45) is 0.520. The van der Waals surface area contributed by atoms with Crippen molar-refractivity contribution in [2.45, 2.75) is 58.8 Å². The second-order valence-corrected chi connectivity index (χ2v) is 12.0. The quantitative estimate of drug-likeness (QED) is 0.133. The molecule has 0 fully saturated rings. The van der Waals surface area contributed by atoms with Crippen LogP contribution in [0.1, 0.15) is 59.5 Å². The first-order valence-corrected chi connectivity index (χ1v) is 16.2. The molecule has 0 radical (unpaired) electrons. The molecular formula is C38H45N5O4. The zero-order valence-electron chi connectivity index (χ0n) is 27.5. The molecule has 47 heavy (non-hydrogen) atoms. The van der Waals surface area contributed by atoms with E-state index in [2.05, 4.69) is 26.6 Å². The third-order valence-corrected chi connectivity index (χ3v) is 8.03. The fourth-order valence-electron chi connectivity index (χ4n) is 5.38. The van der Waals surface area contributed by atoms with E-state index in [-0.39, 0.29) is 35.6 Å². The number of fused-ring (bicyclic) bond motifs is 1. The van der Waals surface area contributed by atoms with E-state index in [1.165, 1.54) is 0 Å². The van der Waals surface area contributed by atoms with Crippen molar-refractivity contribution in [3.8, 4) is 0 Å². The van der Waals surface area contributed by atoms with E-state index >= 15 is 0 Å². The van der Waals surface area contributed by atoms with Crippen LogP contribution in [0.5, 0.6) is 0 Å². The summed E-state index contributed by atoms with van der Waals surface area (Å²) in [5.41, 5.74) is 2.77. The zero-order valence-corrected chi connectivity index (χ0v) is 27.5. The van der Waals surface area contributed by atoms with Crippen molar-refractivity contribution in [2.75, 3.05) is 13.1 Å². The van der Waals surface area contributed by atoms with Crippen LogP contribution >= 0.6 is 0 Å². The lowest BCUT2D eigenvalue weighted by Gasteiger charge is -2.25. The summed E-state index contributed by atoms with van der Waals surface area (Å²) in [6, 6.07) is 28.8. The van der Waals surface area contributed by atoms with Crippen LogP contribution in [0, 0.1) is 5.92 Å². The van der Waals surface area contributed by atoms with Gasteiger partial charge in [-0.25, -0.2) is 0 Å². The average molecular weight is 636 g/mol. The Morgan fingerprint density at radius 3 is 2.06 bits per heavy atom. The van der Waals surface area contributed by atoms with E-state index in [1.807, 2.05) is 93.6 Å². The first kappa shape index (κ1) is 34.8. The minimum Gasteiger partial charge on any atom is -0.355 e. The highest BCUT2D eigenvalue weighted by molar-refractivity contribution is 6.00. The Balaban J connectivity index is 1.40. The van der Waals surface area contributed by atoms with E-state index in [4.69, 9.17) is 0 Å². The minimum absolute atomic E-state index is 0.0844. The Hall–Kier alpha value is -5.02. The smallest absolute Gasteiger partial charge is 0.251 e. The van der Waals surface area contributed by atoms with E-state index < -0.39 is 12.1 Å². The Morgan fingerprint density at radius 1 is 0.681 bits per heavy atom. The maximum absolute atomic E-state index is 13.5. The summed E-state index contributed by atoms with van der Waals surface area (Å²) in [7, 11) is 0. The third-order valence-electron chi connectivity index (χ3n) is 8.03. The fraction of sp³-hybridized carbons (Fsp3) is 0.316. The molecule has 0 saturated carbocycles. The number of hydrogen-bond acceptors (Lipinski definition) is 5. The Kier molecular flexibility index (Phi) is 12.6. The summed E-state index contributed by atoms with van der Waals surface area (Å²) in [4.78, 5) is 52.1. The maximum atomic E-state index is 13.5. The van der Waals surface area contributed by atoms with Gasteiger partial charge in [-0.15, -0.1) is 0 Å². The molecule has 0 spiro atoms.